The Kier molecular flexibility index (Phi) is 7.39. The molecule has 0 aromatic rings. The molecule has 0 radical (unpaired) electrons. The van der Waals surface area contributed by atoms with Gasteiger partial charge in [-0.25, -0.2) is 0 Å². The molecule has 0 aromatic heterocycles. The molecule has 0 amide bonds. The summed E-state index contributed by atoms with van der Waals surface area (Å²) in [5.74, 6) is 0. The molecule has 0 aliphatic rings. The van der Waals surface area contributed by atoms with Crippen LogP contribution in [0.15, 0.2) is 0 Å². The molecule has 5 heteroatoms. The molecule has 0 aliphatic carbocycles. The van der Waals surface area contributed by atoms with E-state index in [0.717, 1.165) is 0 Å². The molecular weight excluding hydrogens is 198 g/mol. The van der Waals surface area contributed by atoms with E-state index in [4.69, 9.17) is 13.3 Å². The Balaban J connectivity index is 4.53. The molecule has 0 spiro atoms. The molecule has 4 nitrogen and oxygen atoms in total. The van der Waals surface area contributed by atoms with Crippen molar-refractivity contribution < 1.29 is 13.3 Å². The lowest BCUT2D eigenvalue weighted by Gasteiger charge is -2.33. The number of nitrogens with one attached hydrogen (secondary N) is 1. The average molecular weight is 221 g/mol. The third-order valence-electron chi connectivity index (χ3n) is 2.00. The Labute approximate surface area is 88.3 Å². The fourth-order valence-electron chi connectivity index (χ4n) is 1.28. The quantitative estimate of drug-likeness (QED) is 0.625. The summed E-state index contributed by atoms with van der Waals surface area (Å²) in [7, 11) is -0.618. The Morgan fingerprint density at radius 2 is 1.36 bits per heavy atom. The molecule has 14 heavy (non-hydrogen) atoms. The summed E-state index contributed by atoms with van der Waals surface area (Å²) in [5.41, 5.74) is 0.127. The first-order chi connectivity index (χ1) is 6.66. The van der Waals surface area contributed by atoms with E-state index in [2.05, 4.69) is 5.32 Å². The van der Waals surface area contributed by atoms with Crippen molar-refractivity contribution in [2.75, 3.05) is 26.9 Å². The fraction of sp³-hybridized carbons (Fsp3) is 1.00. The molecule has 0 bridgehead atoms. The van der Waals surface area contributed by atoms with Gasteiger partial charge < -0.3 is 18.6 Å². The molecule has 0 fully saturated rings. The molecule has 1 unspecified atom stereocenters. The van der Waals surface area contributed by atoms with Crippen molar-refractivity contribution in [3.8, 4) is 0 Å². The highest BCUT2D eigenvalue weighted by Crippen LogP contribution is 2.14. The van der Waals surface area contributed by atoms with Crippen LogP contribution >= 0.6 is 0 Å². The van der Waals surface area contributed by atoms with Crippen LogP contribution < -0.4 is 5.32 Å². The van der Waals surface area contributed by atoms with E-state index in [-0.39, 0.29) is 5.67 Å². The lowest BCUT2D eigenvalue weighted by Crippen LogP contribution is -2.60. The van der Waals surface area contributed by atoms with Crippen LogP contribution in [-0.2, 0) is 13.3 Å². The zero-order chi connectivity index (χ0) is 11.0. The molecular formula is C9H23NO3Si. The Hall–Kier alpha value is 0.0569. The minimum absolute atomic E-state index is 0.127. The maximum Gasteiger partial charge on any atom is 0.518 e. The molecule has 1 N–H and O–H groups in total. The van der Waals surface area contributed by atoms with Crippen molar-refractivity contribution >= 4 is 8.80 Å². The molecule has 0 heterocycles. The Bertz CT molecular complexity index is 129. The molecule has 0 saturated carbocycles. The summed E-state index contributed by atoms with van der Waals surface area (Å²) in [5, 5.41) is 3.15. The summed E-state index contributed by atoms with van der Waals surface area (Å²) in [6.07, 6.45) is 0. The van der Waals surface area contributed by atoms with E-state index < -0.39 is 8.80 Å². The first-order valence-corrected chi connectivity index (χ1v) is 7.06. The van der Waals surface area contributed by atoms with Gasteiger partial charge in [0.15, 0.2) is 0 Å². The molecule has 0 aromatic carbocycles. The van der Waals surface area contributed by atoms with E-state index in [1.54, 1.807) is 0 Å². The van der Waals surface area contributed by atoms with Crippen LogP contribution in [0, 0.1) is 0 Å². The van der Waals surface area contributed by atoms with Crippen LogP contribution in [0.3, 0.4) is 0 Å². The maximum atomic E-state index is 5.70. The normalized spacial score (nSPS) is 14.4. The van der Waals surface area contributed by atoms with Crippen molar-refractivity contribution in [1.82, 2.24) is 5.32 Å². The zero-order valence-electron chi connectivity index (χ0n) is 9.92. The third kappa shape index (κ3) is 3.66. The molecule has 1 atom stereocenters. The van der Waals surface area contributed by atoms with Crippen molar-refractivity contribution in [3.63, 3.8) is 0 Å². The lowest BCUT2D eigenvalue weighted by molar-refractivity contribution is 0.0607. The minimum Gasteiger partial charge on any atom is -0.373 e. The smallest absolute Gasteiger partial charge is 0.373 e. The van der Waals surface area contributed by atoms with E-state index in [1.165, 1.54) is 0 Å². The van der Waals surface area contributed by atoms with Crippen molar-refractivity contribution in [2.24, 2.45) is 0 Å². The lowest BCUT2D eigenvalue weighted by atomic mass is 10.8. The van der Waals surface area contributed by atoms with Crippen LogP contribution in [0.2, 0.25) is 0 Å². The second-order valence-corrected chi connectivity index (χ2v) is 5.85. The van der Waals surface area contributed by atoms with Gasteiger partial charge in [0.25, 0.3) is 0 Å². The second kappa shape index (κ2) is 7.36. The van der Waals surface area contributed by atoms with Gasteiger partial charge in [-0.05, 0) is 34.7 Å². The largest absolute Gasteiger partial charge is 0.518 e. The monoisotopic (exact) mass is 221 g/mol. The topological polar surface area (TPSA) is 39.7 Å². The van der Waals surface area contributed by atoms with Crippen LogP contribution in [0.5, 0.6) is 0 Å². The summed E-state index contributed by atoms with van der Waals surface area (Å²) in [6.45, 7) is 9.79. The van der Waals surface area contributed by atoms with E-state index in [0.29, 0.717) is 19.8 Å². The highest BCUT2D eigenvalue weighted by atomic mass is 28.4. The number of rotatable bonds is 8. The van der Waals surface area contributed by atoms with Gasteiger partial charge in [-0.2, -0.15) is 0 Å². The third-order valence-corrected chi connectivity index (χ3v) is 5.42. The summed E-state index contributed by atoms with van der Waals surface area (Å²) < 4.78 is 17.1. The highest BCUT2D eigenvalue weighted by molar-refractivity contribution is 6.62. The molecule has 0 rings (SSSR count). The molecule has 0 saturated heterocycles. The SMILES string of the molecule is CCO[Si](OCC)(OCC)C(C)NC. The van der Waals surface area contributed by atoms with Gasteiger partial charge in [0, 0.05) is 19.8 Å². The first kappa shape index (κ1) is 14.1. The average Bonchev–Trinajstić information content (AvgIpc) is 2.17. The fourth-order valence-corrected chi connectivity index (χ4v) is 3.84. The van der Waals surface area contributed by atoms with Gasteiger partial charge in [0.05, 0.1) is 5.67 Å². The summed E-state index contributed by atoms with van der Waals surface area (Å²) in [4.78, 5) is 0. The van der Waals surface area contributed by atoms with Gasteiger partial charge >= 0.3 is 8.80 Å². The molecule has 0 aliphatic heterocycles. The van der Waals surface area contributed by atoms with Crippen LogP contribution in [0.25, 0.3) is 0 Å². The predicted molar refractivity (Wildman–Crippen MR) is 59.2 cm³/mol. The van der Waals surface area contributed by atoms with Crippen LogP contribution in [0.4, 0.5) is 0 Å². The van der Waals surface area contributed by atoms with Gasteiger partial charge in [-0.1, -0.05) is 0 Å². The first-order valence-electron chi connectivity index (χ1n) is 5.25. The van der Waals surface area contributed by atoms with E-state index in [1.807, 2.05) is 34.7 Å². The Morgan fingerprint density at radius 3 is 1.57 bits per heavy atom. The number of hydrogen-bond donors (Lipinski definition) is 1. The predicted octanol–water partition coefficient (Wildman–Crippen LogP) is 1.18. The van der Waals surface area contributed by atoms with E-state index in [9.17, 15) is 0 Å². The van der Waals surface area contributed by atoms with Crippen molar-refractivity contribution in [1.29, 1.82) is 0 Å². The minimum atomic E-state index is -2.51. The van der Waals surface area contributed by atoms with Gasteiger partial charge in [0.2, 0.25) is 0 Å². The highest BCUT2D eigenvalue weighted by Gasteiger charge is 2.46. The Morgan fingerprint density at radius 1 is 1.00 bits per heavy atom. The summed E-state index contributed by atoms with van der Waals surface area (Å²) >= 11 is 0. The van der Waals surface area contributed by atoms with Gasteiger partial charge in [-0.15, -0.1) is 0 Å². The summed E-state index contributed by atoms with van der Waals surface area (Å²) in [6, 6.07) is 0. The van der Waals surface area contributed by atoms with E-state index >= 15 is 0 Å². The maximum absolute atomic E-state index is 5.70. The molecule has 86 valence electrons. The van der Waals surface area contributed by atoms with Gasteiger partial charge in [-0.3, -0.25) is 0 Å². The zero-order valence-corrected chi connectivity index (χ0v) is 10.9. The van der Waals surface area contributed by atoms with Crippen molar-refractivity contribution in [2.45, 2.75) is 33.4 Å². The van der Waals surface area contributed by atoms with Crippen molar-refractivity contribution in [3.05, 3.63) is 0 Å². The standard InChI is InChI=1S/C9H23NO3Si/c1-6-11-14(12-7-2,13-8-3)9(4)10-5/h9-10H,6-8H2,1-5H3. The van der Waals surface area contributed by atoms with Crippen LogP contribution in [0.1, 0.15) is 27.7 Å². The van der Waals surface area contributed by atoms with Crippen LogP contribution in [-0.4, -0.2) is 41.3 Å². The number of hydrogen-bond acceptors (Lipinski definition) is 4. The second-order valence-electron chi connectivity index (χ2n) is 2.91. The van der Waals surface area contributed by atoms with Gasteiger partial charge in [0.1, 0.15) is 0 Å².